The van der Waals surface area contributed by atoms with Crippen molar-refractivity contribution in [2.45, 2.75) is 20.8 Å². The van der Waals surface area contributed by atoms with E-state index >= 15 is 0 Å². The summed E-state index contributed by atoms with van der Waals surface area (Å²) in [7, 11) is 2.93. The molecule has 6 aliphatic carbocycles. The highest BCUT2D eigenvalue weighted by Gasteiger charge is 2.43. The zero-order chi connectivity index (χ0) is 106. The van der Waals surface area contributed by atoms with E-state index in [1.807, 2.05) is 69.3 Å². The lowest BCUT2D eigenvalue weighted by atomic mass is 9.82. The first-order chi connectivity index (χ1) is 72.1. The first-order valence-electron chi connectivity index (χ1n) is 45.9. The molecule has 0 saturated heterocycles. The molecule has 0 fully saturated rings. The number of fused-ring (bicyclic) bond motifs is 12. The number of para-hydroxylation sites is 2. The van der Waals surface area contributed by atoms with Crippen LogP contribution in [0.15, 0.2) is 309 Å². The number of nitrogen functional groups attached to an aromatic ring is 6. The molecule has 18 N–H and O–H groups in total. The lowest BCUT2D eigenvalue weighted by molar-refractivity contribution is 0.0977. The summed E-state index contributed by atoms with van der Waals surface area (Å²) in [5, 5.41) is 62.0. The lowest BCUT2D eigenvalue weighted by Crippen LogP contribution is -2.22. The van der Waals surface area contributed by atoms with E-state index in [9.17, 15) is 88.2 Å². The van der Waals surface area contributed by atoms with Crippen molar-refractivity contribution >= 4 is 104 Å². The van der Waals surface area contributed by atoms with Crippen LogP contribution < -0.4 is 67.6 Å². The average Bonchev–Trinajstić information content (AvgIpc) is 0.755. The second-order valence-electron chi connectivity index (χ2n) is 34.7. The SMILES string of the molecule is COc1cc(O)c2c(c1N)C(=O)c1ccccc1C2=O.COc1ccc(Oc2cc(O)c3c(c2N)C(=O)c2ccccc2C3=O)cc1.Cc1ccc(Oc2cc(O)c3c(c2N)C(=O)c2ccccc2C3=O)cc1.Cc1cccc(Oc2cc(O)c3c(c2N)C(=O)c2ccccc2C3=O)c1.Cc1ccccc1Oc1cc(O)c2c(c1N)C(=O)c1ccccc1C2=O.Nc1c(Oc2ccccc2)cc(O)c2c1C(=O)c1ccccc1C2=O. The van der Waals surface area contributed by atoms with Gasteiger partial charge in [0.05, 0.1) is 115 Å². The molecular formula is C119H84N6O25. The maximum atomic E-state index is 12.9. The van der Waals surface area contributed by atoms with Gasteiger partial charge in [-0.3, -0.25) is 57.5 Å². The molecule has 17 aromatic rings. The number of ether oxygens (including phenoxy) is 7. The molecule has 150 heavy (non-hydrogen) atoms. The molecule has 0 atom stereocenters. The number of methoxy groups -OCH3 is 2. The van der Waals surface area contributed by atoms with Crippen molar-refractivity contribution in [3.8, 4) is 103 Å². The summed E-state index contributed by atoms with van der Waals surface area (Å²) in [5.41, 5.74) is 42.3. The molecule has 0 spiro atoms. The predicted molar refractivity (Wildman–Crippen MR) is 555 cm³/mol. The van der Waals surface area contributed by atoms with Gasteiger partial charge in [0.15, 0.2) is 98.1 Å². The molecule has 6 aliphatic rings. The molecule has 23 rings (SSSR count). The number of nitrogens with two attached hydrogens (primary N) is 6. The molecule has 31 nitrogen and oxygen atoms in total. The minimum Gasteiger partial charge on any atom is -0.507 e. The van der Waals surface area contributed by atoms with Crippen LogP contribution in [-0.4, -0.2) is 114 Å². The van der Waals surface area contributed by atoms with E-state index in [1.54, 1.807) is 232 Å². The molecule has 0 radical (unpaired) electrons. The van der Waals surface area contributed by atoms with Crippen molar-refractivity contribution < 1.29 is 121 Å². The maximum Gasteiger partial charge on any atom is 0.198 e. The van der Waals surface area contributed by atoms with E-state index in [1.165, 1.54) is 43.5 Å². The van der Waals surface area contributed by atoms with Crippen LogP contribution in [0.1, 0.15) is 208 Å². The number of hydrogen-bond acceptors (Lipinski definition) is 31. The number of benzene rings is 17. The van der Waals surface area contributed by atoms with E-state index < -0.39 is 63.6 Å². The molecule has 0 aromatic heterocycles. The van der Waals surface area contributed by atoms with Crippen LogP contribution in [0.4, 0.5) is 34.1 Å². The van der Waals surface area contributed by atoms with E-state index in [4.69, 9.17) is 67.6 Å². The monoisotopic (exact) mass is 2000 g/mol. The fourth-order valence-electron chi connectivity index (χ4n) is 18.0. The highest BCUT2D eigenvalue weighted by atomic mass is 16.5. The second-order valence-corrected chi connectivity index (χ2v) is 34.7. The van der Waals surface area contributed by atoms with E-state index in [-0.39, 0.29) is 242 Å². The summed E-state index contributed by atoms with van der Waals surface area (Å²) in [6.07, 6.45) is 0. The number of carbonyl (C=O) groups is 12. The summed E-state index contributed by atoms with van der Waals surface area (Å²) >= 11 is 0. The maximum absolute atomic E-state index is 12.9. The van der Waals surface area contributed by atoms with Crippen molar-refractivity contribution in [3.05, 3.63) is 460 Å². The van der Waals surface area contributed by atoms with Gasteiger partial charge in [0, 0.05) is 103 Å². The molecule has 0 unspecified atom stereocenters. The third-order valence-electron chi connectivity index (χ3n) is 25.3. The van der Waals surface area contributed by atoms with Crippen molar-refractivity contribution in [1.29, 1.82) is 0 Å². The number of phenols is 6. The van der Waals surface area contributed by atoms with Crippen LogP contribution in [-0.2, 0) is 0 Å². The second kappa shape index (κ2) is 40.4. The fraction of sp³-hybridized carbons (Fsp3) is 0.0420. The van der Waals surface area contributed by atoms with E-state index in [2.05, 4.69) is 0 Å². The van der Waals surface area contributed by atoms with Crippen LogP contribution in [0.5, 0.6) is 103 Å². The van der Waals surface area contributed by atoms with Crippen molar-refractivity contribution in [3.63, 3.8) is 0 Å². The quantitative estimate of drug-likeness (QED) is 0.0399. The van der Waals surface area contributed by atoms with E-state index in [0.29, 0.717) is 34.5 Å². The molecule has 0 aliphatic heterocycles. The Morgan fingerprint density at radius 3 is 0.640 bits per heavy atom. The molecule has 0 heterocycles. The van der Waals surface area contributed by atoms with Crippen LogP contribution in [0.2, 0.25) is 0 Å². The fourth-order valence-corrected chi connectivity index (χ4v) is 18.0. The van der Waals surface area contributed by atoms with Gasteiger partial charge in [-0.05, 0) is 98.6 Å². The topological polar surface area (TPSA) is 547 Å². The molecular weight excluding hydrogens is 1910 g/mol. The normalized spacial score (nSPS) is 12.5. The van der Waals surface area contributed by atoms with Crippen molar-refractivity contribution in [2.24, 2.45) is 0 Å². The molecule has 17 aromatic carbocycles. The van der Waals surface area contributed by atoms with Crippen LogP contribution in [0.3, 0.4) is 0 Å². The largest absolute Gasteiger partial charge is 0.507 e. The minimum atomic E-state index is -0.444. The number of ketones is 12. The smallest absolute Gasteiger partial charge is 0.198 e. The highest BCUT2D eigenvalue weighted by Crippen LogP contribution is 2.51. The Kier molecular flexibility index (Phi) is 26.7. The third kappa shape index (κ3) is 18.1. The van der Waals surface area contributed by atoms with Gasteiger partial charge in [-0.2, -0.15) is 0 Å². The number of anilines is 6. The minimum absolute atomic E-state index is 0.00514. The Bertz CT molecular complexity index is 8690. The van der Waals surface area contributed by atoms with Crippen LogP contribution in [0, 0.1) is 20.8 Å². The highest BCUT2D eigenvalue weighted by molar-refractivity contribution is 6.36. The zero-order valence-corrected chi connectivity index (χ0v) is 79.8. The Morgan fingerprint density at radius 2 is 0.380 bits per heavy atom. The average molecular weight is 2000 g/mol. The van der Waals surface area contributed by atoms with Crippen LogP contribution in [0.25, 0.3) is 0 Å². The lowest BCUT2D eigenvalue weighted by Gasteiger charge is -2.22. The Balaban J connectivity index is 0.000000118. The number of carbonyl (C=O) groups excluding carboxylic acids is 12. The molecule has 31 heteroatoms. The predicted octanol–water partition coefficient (Wildman–Crippen LogP) is 20.4. The van der Waals surface area contributed by atoms with Crippen molar-refractivity contribution in [2.75, 3.05) is 48.6 Å². The number of rotatable bonds is 12. The number of phenolic OH excluding ortho intramolecular Hbond substituents is 6. The number of aryl methyl sites for hydroxylation is 3. The summed E-state index contributed by atoms with van der Waals surface area (Å²) in [6.45, 7) is 5.74. The Hall–Kier alpha value is -21.0. The first kappa shape index (κ1) is 99.1. The van der Waals surface area contributed by atoms with Gasteiger partial charge in [0.25, 0.3) is 0 Å². The summed E-state index contributed by atoms with van der Waals surface area (Å²) < 4.78 is 38.8. The number of aromatic hydroxyl groups is 6. The molecule has 0 saturated carbocycles. The summed E-state index contributed by atoms with van der Waals surface area (Å²) in [6, 6.07) is 83.8. The molecule has 0 bridgehead atoms. The summed E-state index contributed by atoms with van der Waals surface area (Å²) in [5.74, 6) is -3.02. The Morgan fingerprint density at radius 1 is 0.173 bits per heavy atom. The standard InChI is InChI=1S/C21H15NO5.3C21H15NO4.C20H13NO4.C15H11NO4/c1-26-11-6-8-12(9-7-11)27-16-10-15(23)17-18(19(16)22)21(25)14-5-3-2-4-13(14)20(17)24;1-11-6-2-5-9-15(11)26-16-10-14(23)17-18(19(16)22)21(25)13-8-4-3-7-12(13)20(17)24;1-11-5-4-6-12(9-11)26-16-10-15(23)17-18(19(16)22)21(25)14-8-3-2-7-13(14)20(17)24;1-11-6-8-12(9-7-11)26-16-10-15(23)17-18(19(16)22)21(25)14-5-3-2-4-13(14)20(17)24;21-18-15(25-11-6-2-1-3-7-11)10-14(22)16-17(18)20(24)13-9-5-4-8-12(13)19(16)23;1-20-10-6-9(17)11-12(13(10)16)15(19)8-5-3-2-4-7(8)14(11)18/h2-10,23H,22H2,1H3;3*2-10,23H,22H2,1H3;1-10,22H,21H2;2-6,17H,16H2,1H3. The van der Waals surface area contributed by atoms with Gasteiger partial charge >= 0.3 is 0 Å². The summed E-state index contributed by atoms with van der Waals surface area (Å²) in [4.78, 5) is 153. The van der Waals surface area contributed by atoms with Gasteiger partial charge in [-0.25, -0.2) is 0 Å². The number of hydrogen-bond donors (Lipinski definition) is 12. The van der Waals surface area contributed by atoms with Gasteiger partial charge in [-0.1, -0.05) is 212 Å². The first-order valence-corrected chi connectivity index (χ1v) is 45.9. The zero-order valence-electron chi connectivity index (χ0n) is 79.8. The Labute approximate surface area is 852 Å². The van der Waals surface area contributed by atoms with E-state index in [0.717, 1.165) is 16.7 Å². The molecule has 740 valence electrons. The third-order valence-corrected chi connectivity index (χ3v) is 25.3. The van der Waals surface area contributed by atoms with Gasteiger partial charge in [0.1, 0.15) is 74.7 Å². The van der Waals surface area contributed by atoms with Gasteiger partial charge in [0.2, 0.25) is 0 Å². The van der Waals surface area contributed by atoms with Gasteiger partial charge < -0.3 is 98.2 Å². The van der Waals surface area contributed by atoms with Crippen LogP contribution >= 0.6 is 0 Å². The van der Waals surface area contributed by atoms with Gasteiger partial charge in [-0.15, -0.1) is 0 Å². The molecule has 0 amide bonds. The van der Waals surface area contributed by atoms with Crippen molar-refractivity contribution in [1.82, 2.24) is 0 Å².